The van der Waals surface area contributed by atoms with Crippen LogP contribution in [0.2, 0.25) is 0 Å². The smallest absolute Gasteiger partial charge is 0.170 e. The molecule has 0 radical (unpaired) electrons. The summed E-state index contributed by atoms with van der Waals surface area (Å²) in [5.74, 6) is 0.844. The molecule has 3 aromatic rings. The molecular weight excluding hydrogens is 421 g/mol. The van der Waals surface area contributed by atoms with Crippen LogP contribution in [-0.2, 0) is 11.2 Å². The summed E-state index contributed by atoms with van der Waals surface area (Å²) in [6.07, 6.45) is 5.73. The Bertz CT molecular complexity index is 1130. The first-order chi connectivity index (χ1) is 16.1. The molecule has 174 valence electrons. The lowest BCUT2D eigenvalue weighted by Gasteiger charge is -2.42. The molecule has 0 spiro atoms. The number of carbonyl (C=O) groups excluding carboxylic acids is 1. The summed E-state index contributed by atoms with van der Waals surface area (Å²) in [5, 5.41) is 8.44. The number of anilines is 1. The van der Waals surface area contributed by atoms with E-state index in [1.807, 2.05) is 25.2 Å². The van der Waals surface area contributed by atoms with Crippen LogP contribution in [0.5, 0.6) is 5.75 Å². The van der Waals surface area contributed by atoms with Gasteiger partial charge in [0.15, 0.2) is 5.58 Å². The zero-order valence-electron chi connectivity index (χ0n) is 19.1. The molecular formula is C26H30FN3O3. The van der Waals surface area contributed by atoms with Crippen LogP contribution in [0.25, 0.3) is 11.0 Å². The summed E-state index contributed by atoms with van der Waals surface area (Å²) >= 11 is 0. The minimum Gasteiger partial charge on any atom is -0.490 e. The van der Waals surface area contributed by atoms with Crippen molar-refractivity contribution < 1.29 is 18.4 Å². The van der Waals surface area contributed by atoms with Gasteiger partial charge in [0.1, 0.15) is 24.5 Å². The van der Waals surface area contributed by atoms with Gasteiger partial charge in [-0.15, -0.1) is 0 Å². The highest BCUT2D eigenvalue weighted by Gasteiger charge is 2.44. The van der Waals surface area contributed by atoms with Crippen molar-refractivity contribution in [1.29, 1.82) is 0 Å². The van der Waals surface area contributed by atoms with Crippen LogP contribution in [0.1, 0.15) is 49.8 Å². The summed E-state index contributed by atoms with van der Waals surface area (Å²) < 4.78 is 25.2. The normalized spacial score (nSPS) is 23.5. The van der Waals surface area contributed by atoms with Crippen LogP contribution in [0, 0.1) is 5.82 Å². The van der Waals surface area contributed by atoms with Crippen LogP contribution >= 0.6 is 0 Å². The van der Waals surface area contributed by atoms with Gasteiger partial charge in [0.25, 0.3) is 0 Å². The van der Waals surface area contributed by atoms with Crippen molar-refractivity contribution in [2.24, 2.45) is 0 Å². The molecule has 6 nitrogen and oxygen atoms in total. The van der Waals surface area contributed by atoms with Gasteiger partial charge in [-0.05, 0) is 62.4 Å². The largest absolute Gasteiger partial charge is 0.490 e. The predicted molar refractivity (Wildman–Crippen MR) is 125 cm³/mol. The van der Waals surface area contributed by atoms with Crippen LogP contribution in [-0.4, -0.2) is 48.1 Å². The van der Waals surface area contributed by atoms with Crippen molar-refractivity contribution in [2.75, 3.05) is 19.0 Å². The molecule has 0 aliphatic carbocycles. The molecule has 2 bridgehead atoms. The quantitative estimate of drug-likeness (QED) is 0.490. The monoisotopic (exact) mass is 451 g/mol. The minimum absolute atomic E-state index is 0.283. The van der Waals surface area contributed by atoms with Crippen LogP contribution in [0.15, 0.2) is 40.9 Å². The number of piperidine rings is 1. The predicted octanol–water partition coefficient (Wildman–Crippen LogP) is 4.93. The number of nitrogens with zero attached hydrogens (tertiary/aromatic N) is 2. The third-order valence-corrected chi connectivity index (χ3v) is 7.26. The van der Waals surface area contributed by atoms with E-state index >= 15 is 0 Å². The number of halogens is 1. The number of carbonyl (C=O) groups is 1. The fourth-order valence-electron chi connectivity index (χ4n) is 5.80. The van der Waals surface area contributed by atoms with Gasteiger partial charge >= 0.3 is 0 Å². The summed E-state index contributed by atoms with van der Waals surface area (Å²) in [5.41, 5.74) is 3.37. The third kappa shape index (κ3) is 4.22. The number of aldehydes is 1. The number of hydrogen-bond donors (Lipinski definition) is 1. The van der Waals surface area contributed by atoms with Gasteiger partial charge < -0.3 is 19.4 Å². The van der Waals surface area contributed by atoms with Gasteiger partial charge in [0.2, 0.25) is 0 Å². The molecule has 2 aromatic carbocycles. The van der Waals surface area contributed by atoms with Gasteiger partial charge in [0.05, 0.1) is 11.4 Å². The zero-order chi connectivity index (χ0) is 22.9. The van der Waals surface area contributed by atoms with E-state index in [2.05, 4.69) is 22.3 Å². The Kier molecular flexibility index (Phi) is 6.06. The second-order valence-electron chi connectivity index (χ2n) is 9.32. The Balaban J connectivity index is 1.26. The Morgan fingerprint density at radius 3 is 2.76 bits per heavy atom. The molecule has 5 rings (SSSR count). The molecule has 2 fully saturated rings. The Hall–Kier alpha value is -2.93. The topological polar surface area (TPSA) is 67.6 Å². The first-order valence-corrected chi connectivity index (χ1v) is 11.8. The summed E-state index contributed by atoms with van der Waals surface area (Å²) in [6.45, 7) is 2.84. The van der Waals surface area contributed by atoms with E-state index in [-0.39, 0.29) is 11.9 Å². The van der Waals surface area contributed by atoms with E-state index in [9.17, 15) is 9.18 Å². The van der Waals surface area contributed by atoms with Crippen molar-refractivity contribution in [3.8, 4) is 5.75 Å². The molecule has 2 aliphatic heterocycles. The molecule has 0 saturated carbocycles. The first-order valence-electron chi connectivity index (χ1n) is 11.8. The Labute approximate surface area is 193 Å². The maximum Gasteiger partial charge on any atom is 0.170 e. The average molecular weight is 452 g/mol. The van der Waals surface area contributed by atoms with Crippen LogP contribution in [0.4, 0.5) is 10.1 Å². The second kappa shape index (κ2) is 9.14. The molecule has 33 heavy (non-hydrogen) atoms. The highest BCUT2D eigenvalue weighted by molar-refractivity contribution is 5.80. The third-order valence-electron chi connectivity index (χ3n) is 7.26. The Morgan fingerprint density at radius 1 is 1.24 bits per heavy atom. The average Bonchev–Trinajstić information content (AvgIpc) is 3.35. The lowest BCUT2D eigenvalue weighted by molar-refractivity contribution is -0.107. The van der Waals surface area contributed by atoms with E-state index in [1.165, 1.54) is 25.0 Å². The molecule has 3 heterocycles. The van der Waals surface area contributed by atoms with Crippen molar-refractivity contribution >= 4 is 22.9 Å². The number of nitrogens with one attached hydrogen (secondary N) is 1. The van der Waals surface area contributed by atoms with Crippen molar-refractivity contribution in [3.05, 3.63) is 53.5 Å². The van der Waals surface area contributed by atoms with Gasteiger partial charge in [-0.3, -0.25) is 4.90 Å². The standard InChI is InChI=1S/C26H30FN3O3/c1-16(15-32-24-8-3-17(9-10-31)11-23(24)28-2)30-20-5-6-21(30)13-18(12-20)26-22-7-4-19(27)14-25(22)33-29-26/h3-4,7-8,10-11,14,16,18,20-21,28H,5-6,9,12-13,15H2,1-2H3. The number of hydrogen-bond acceptors (Lipinski definition) is 6. The maximum atomic E-state index is 13.5. The fourth-order valence-corrected chi connectivity index (χ4v) is 5.80. The zero-order valence-corrected chi connectivity index (χ0v) is 19.1. The van der Waals surface area contributed by atoms with Gasteiger partial charge in [-0.25, -0.2) is 4.39 Å². The summed E-state index contributed by atoms with van der Waals surface area (Å²) in [6, 6.07) is 11.8. The molecule has 1 aromatic heterocycles. The minimum atomic E-state index is -0.297. The number of aromatic nitrogens is 1. The molecule has 3 atom stereocenters. The van der Waals surface area contributed by atoms with E-state index in [0.29, 0.717) is 36.6 Å². The number of benzene rings is 2. The molecule has 2 aliphatic rings. The lowest BCUT2D eigenvalue weighted by Crippen LogP contribution is -2.49. The van der Waals surface area contributed by atoms with Crippen LogP contribution in [0.3, 0.4) is 0 Å². The van der Waals surface area contributed by atoms with Crippen molar-refractivity contribution in [2.45, 2.75) is 63.1 Å². The molecule has 3 unspecified atom stereocenters. The van der Waals surface area contributed by atoms with E-state index < -0.39 is 0 Å². The lowest BCUT2D eigenvalue weighted by atomic mass is 9.86. The van der Waals surface area contributed by atoms with Crippen molar-refractivity contribution in [1.82, 2.24) is 10.1 Å². The molecule has 2 saturated heterocycles. The van der Waals surface area contributed by atoms with E-state index in [4.69, 9.17) is 9.26 Å². The first kappa shape index (κ1) is 21.9. The number of ether oxygens (including phenoxy) is 1. The molecule has 0 amide bonds. The van der Waals surface area contributed by atoms with E-state index in [0.717, 1.165) is 47.2 Å². The highest BCUT2D eigenvalue weighted by atomic mass is 19.1. The maximum absolute atomic E-state index is 13.5. The SMILES string of the molecule is CNc1cc(CC=O)ccc1OCC(C)N1C2CCC1CC(c1noc3cc(F)ccc13)C2. The molecule has 1 N–H and O–H groups in total. The summed E-state index contributed by atoms with van der Waals surface area (Å²) in [7, 11) is 1.86. The summed E-state index contributed by atoms with van der Waals surface area (Å²) in [4.78, 5) is 13.4. The Morgan fingerprint density at radius 2 is 2.03 bits per heavy atom. The van der Waals surface area contributed by atoms with E-state index in [1.54, 1.807) is 6.07 Å². The second-order valence-corrected chi connectivity index (χ2v) is 9.32. The van der Waals surface area contributed by atoms with Crippen LogP contribution < -0.4 is 10.1 Å². The van der Waals surface area contributed by atoms with Crippen molar-refractivity contribution in [3.63, 3.8) is 0 Å². The number of rotatable bonds is 8. The van der Waals surface area contributed by atoms with Gasteiger partial charge in [-0.2, -0.15) is 0 Å². The highest BCUT2D eigenvalue weighted by Crippen LogP contribution is 2.45. The van der Waals surface area contributed by atoms with Gasteiger partial charge in [0, 0.05) is 49.0 Å². The molecule has 7 heteroatoms. The number of fused-ring (bicyclic) bond motifs is 3. The fraction of sp³-hybridized carbons (Fsp3) is 0.462. The van der Waals surface area contributed by atoms with Gasteiger partial charge in [-0.1, -0.05) is 11.2 Å².